The van der Waals surface area contributed by atoms with Gasteiger partial charge < -0.3 is 4.90 Å². The molecule has 0 aromatic heterocycles. The van der Waals surface area contributed by atoms with Gasteiger partial charge in [0.2, 0.25) is 5.91 Å². The first-order valence-corrected chi connectivity index (χ1v) is 6.93. The minimum Gasteiger partial charge on any atom is -0.334 e. The van der Waals surface area contributed by atoms with E-state index in [0.29, 0.717) is 12.8 Å². The summed E-state index contributed by atoms with van der Waals surface area (Å²) in [5.41, 5.74) is 0. The fourth-order valence-corrected chi connectivity index (χ4v) is 1.78. The summed E-state index contributed by atoms with van der Waals surface area (Å²) in [6.45, 7) is 0.963. The van der Waals surface area contributed by atoms with Crippen LogP contribution in [-0.2, 0) is 4.79 Å². The van der Waals surface area contributed by atoms with Crippen LogP contribution in [0.5, 0.6) is 0 Å². The molecule has 17 heavy (non-hydrogen) atoms. The van der Waals surface area contributed by atoms with E-state index < -0.39 is 18.6 Å². The molecule has 0 unspecified atom stereocenters. The molecule has 0 aromatic carbocycles. The summed E-state index contributed by atoms with van der Waals surface area (Å²) < 4.78 is 36.8. The Bertz CT molecular complexity index is 221. The number of hydrogen-bond acceptors (Lipinski definition) is 1. The number of nitrogens with zero attached hydrogens (tertiary/aromatic N) is 1. The maximum atomic E-state index is 12.3. The Balaban J connectivity index is 4.19. The van der Waals surface area contributed by atoms with E-state index in [-0.39, 0.29) is 13.0 Å². The molecule has 0 radical (unpaired) electrons. The molecule has 1 amide bonds. The van der Waals surface area contributed by atoms with Gasteiger partial charge in [0.05, 0.1) is 0 Å². The van der Waals surface area contributed by atoms with E-state index in [9.17, 15) is 18.0 Å². The summed E-state index contributed by atoms with van der Waals surface area (Å²) in [5, 5.41) is 0.772. The van der Waals surface area contributed by atoms with E-state index in [1.807, 2.05) is 6.92 Å². The Morgan fingerprint density at radius 3 is 2.35 bits per heavy atom. The summed E-state index contributed by atoms with van der Waals surface area (Å²) in [6, 6.07) is 0. The molecule has 0 spiro atoms. The van der Waals surface area contributed by atoms with Crippen molar-refractivity contribution in [2.45, 2.75) is 45.2 Å². The standard InChI is InChI=1S/C11H19BrF3NO/c1-2-3-8-16(9-11(13,14)15)10(17)6-4-5-7-12/h2-9H2,1H3. The maximum Gasteiger partial charge on any atom is 0.406 e. The smallest absolute Gasteiger partial charge is 0.334 e. The first-order chi connectivity index (χ1) is 7.90. The highest BCUT2D eigenvalue weighted by Crippen LogP contribution is 2.18. The second-order valence-electron chi connectivity index (χ2n) is 3.93. The van der Waals surface area contributed by atoms with Crippen LogP contribution in [0.1, 0.15) is 39.0 Å². The molecule has 102 valence electrons. The van der Waals surface area contributed by atoms with Crippen LogP contribution in [0.25, 0.3) is 0 Å². The molecule has 6 heteroatoms. The molecule has 0 bridgehead atoms. The summed E-state index contributed by atoms with van der Waals surface area (Å²) >= 11 is 3.22. The molecule has 0 aromatic rings. The maximum absolute atomic E-state index is 12.3. The summed E-state index contributed by atoms with van der Waals surface area (Å²) in [4.78, 5) is 12.5. The van der Waals surface area contributed by atoms with Gasteiger partial charge in [-0.3, -0.25) is 4.79 Å². The van der Waals surface area contributed by atoms with E-state index in [0.717, 1.165) is 23.1 Å². The lowest BCUT2D eigenvalue weighted by atomic mass is 10.2. The summed E-state index contributed by atoms with van der Waals surface area (Å²) in [6.07, 6.45) is -1.28. The number of halogens is 4. The Hall–Kier alpha value is -0.260. The number of alkyl halides is 4. The number of amides is 1. The minimum absolute atomic E-state index is 0.198. The lowest BCUT2D eigenvalue weighted by molar-refractivity contribution is -0.161. The van der Waals surface area contributed by atoms with Gasteiger partial charge >= 0.3 is 6.18 Å². The van der Waals surface area contributed by atoms with Crippen molar-refractivity contribution >= 4 is 21.8 Å². The van der Waals surface area contributed by atoms with Crippen molar-refractivity contribution in [3.05, 3.63) is 0 Å². The van der Waals surface area contributed by atoms with Crippen molar-refractivity contribution < 1.29 is 18.0 Å². The van der Waals surface area contributed by atoms with Gasteiger partial charge in [0, 0.05) is 18.3 Å². The van der Waals surface area contributed by atoms with E-state index in [1.54, 1.807) is 0 Å². The monoisotopic (exact) mass is 317 g/mol. The molecular formula is C11H19BrF3NO. The van der Waals surface area contributed by atoms with E-state index in [2.05, 4.69) is 15.9 Å². The molecule has 0 N–H and O–H groups in total. The van der Waals surface area contributed by atoms with E-state index in [4.69, 9.17) is 0 Å². The van der Waals surface area contributed by atoms with Crippen LogP contribution in [0.2, 0.25) is 0 Å². The first kappa shape index (κ1) is 16.7. The predicted molar refractivity (Wildman–Crippen MR) is 65.2 cm³/mol. The molecule has 0 heterocycles. The van der Waals surface area contributed by atoms with Crippen molar-refractivity contribution in [3.63, 3.8) is 0 Å². The molecule has 0 aliphatic carbocycles. The lowest BCUT2D eigenvalue weighted by Gasteiger charge is -2.23. The zero-order chi connectivity index (χ0) is 13.3. The van der Waals surface area contributed by atoms with Crippen LogP contribution >= 0.6 is 15.9 Å². The summed E-state index contributed by atoms with van der Waals surface area (Å²) in [5.74, 6) is -0.392. The van der Waals surface area contributed by atoms with Crippen molar-refractivity contribution in [1.82, 2.24) is 4.90 Å². The molecular weight excluding hydrogens is 299 g/mol. The van der Waals surface area contributed by atoms with E-state index in [1.165, 1.54) is 0 Å². The van der Waals surface area contributed by atoms with Gasteiger partial charge in [-0.1, -0.05) is 29.3 Å². The second-order valence-corrected chi connectivity index (χ2v) is 4.72. The van der Waals surface area contributed by atoms with Crippen LogP contribution in [-0.4, -0.2) is 35.4 Å². The van der Waals surface area contributed by atoms with Crippen LogP contribution in [0.3, 0.4) is 0 Å². The zero-order valence-electron chi connectivity index (χ0n) is 10.0. The van der Waals surface area contributed by atoms with Gasteiger partial charge in [-0.05, 0) is 19.3 Å². The number of hydrogen-bond donors (Lipinski definition) is 0. The van der Waals surface area contributed by atoms with Crippen LogP contribution < -0.4 is 0 Å². The third-order valence-corrected chi connectivity index (χ3v) is 2.84. The van der Waals surface area contributed by atoms with Crippen molar-refractivity contribution in [2.24, 2.45) is 0 Å². The van der Waals surface area contributed by atoms with Gasteiger partial charge in [0.25, 0.3) is 0 Å². The second kappa shape index (κ2) is 8.78. The van der Waals surface area contributed by atoms with Gasteiger partial charge in [-0.2, -0.15) is 13.2 Å². The minimum atomic E-state index is -4.31. The Morgan fingerprint density at radius 2 is 1.88 bits per heavy atom. The number of carbonyl (C=O) groups is 1. The predicted octanol–water partition coefficient (Wildman–Crippen LogP) is 3.74. The highest BCUT2D eigenvalue weighted by molar-refractivity contribution is 9.09. The SMILES string of the molecule is CCCCN(CC(F)(F)F)C(=O)CCCCBr. The number of rotatable bonds is 8. The Labute approximate surface area is 109 Å². The Kier molecular flexibility index (Phi) is 8.64. The average molecular weight is 318 g/mol. The van der Waals surface area contributed by atoms with Gasteiger partial charge in [-0.25, -0.2) is 0 Å². The molecule has 2 nitrogen and oxygen atoms in total. The zero-order valence-corrected chi connectivity index (χ0v) is 11.6. The van der Waals surface area contributed by atoms with Crippen LogP contribution in [0, 0.1) is 0 Å². The highest BCUT2D eigenvalue weighted by Gasteiger charge is 2.32. The topological polar surface area (TPSA) is 20.3 Å². The third-order valence-electron chi connectivity index (χ3n) is 2.28. The average Bonchev–Trinajstić information content (AvgIpc) is 2.22. The molecule has 0 aliphatic rings. The van der Waals surface area contributed by atoms with Gasteiger partial charge in [0.15, 0.2) is 0 Å². The van der Waals surface area contributed by atoms with Crippen molar-refractivity contribution in [3.8, 4) is 0 Å². The van der Waals surface area contributed by atoms with E-state index >= 15 is 0 Å². The molecule has 0 saturated heterocycles. The molecule has 0 aliphatic heterocycles. The molecule has 0 saturated carbocycles. The summed E-state index contributed by atoms with van der Waals surface area (Å²) in [7, 11) is 0. The third kappa shape index (κ3) is 9.44. The quantitative estimate of drug-likeness (QED) is 0.493. The van der Waals surface area contributed by atoms with Gasteiger partial charge in [-0.15, -0.1) is 0 Å². The highest BCUT2D eigenvalue weighted by atomic mass is 79.9. The number of carbonyl (C=O) groups excluding carboxylic acids is 1. The number of unbranched alkanes of at least 4 members (excludes halogenated alkanes) is 2. The Morgan fingerprint density at radius 1 is 1.24 bits per heavy atom. The normalized spacial score (nSPS) is 11.6. The molecule has 0 rings (SSSR count). The van der Waals surface area contributed by atoms with Crippen molar-refractivity contribution in [1.29, 1.82) is 0 Å². The van der Waals surface area contributed by atoms with Gasteiger partial charge in [0.1, 0.15) is 6.54 Å². The first-order valence-electron chi connectivity index (χ1n) is 5.81. The fourth-order valence-electron chi connectivity index (χ4n) is 1.39. The lowest BCUT2D eigenvalue weighted by Crippen LogP contribution is -2.39. The van der Waals surface area contributed by atoms with Crippen LogP contribution in [0.4, 0.5) is 13.2 Å². The largest absolute Gasteiger partial charge is 0.406 e. The molecule has 0 atom stereocenters. The van der Waals surface area contributed by atoms with Crippen molar-refractivity contribution in [2.75, 3.05) is 18.4 Å². The fraction of sp³-hybridized carbons (Fsp3) is 0.909. The van der Waals surface area contributed by atoms with Crippen LogP contribution in [0.15, 0.2) is 0 Å². The molecule has 0 fully saturated rings.